The van der Waals surface area contributed by atoms with Gasteiger partial charge in [0.05, 0.1) is 24.7 Å². The third-order valence-electron chi connectivity index (χ3n) is 6.38. The number of primary amides is 1. The maximum Gasteiger partial charge on any atom is 0.404 e. The van der Waals surface area contributed by atoms with Crippen LogP contribution in [-0.4, -0.2) is 108 Å². The predicted molar refractivity (Wildman–Crippen MR) is 121 cm³/mol. The van der Waals surface area contributed by atoms with Crippen molar-refractivity contribution < 1.29 is 39.2 Å². The second-order valence-electron chi connectivity index (χ2n) is 9.00. The van der Waals surface area contributed by atoms with Crippen molar-refractivity contribution in [2.45, 2.75) is 74.5 Å². The lowest BCUT2D eigenvalue weighted by Crippen LogP contribution is -2.65. The number of hydrogen-bond donors (Lipinski definition) is 9. The van der Waals surface area contributed by atoms with Gasteiger partial charge in [0, 0.05) is 25.4 Å². The highest BCUT2D eigenvalue weighted by molar-refractivity contribution is 5.94. The summed E-state index contributed by atoms with van der Waals surface area (Å²) in [6, 6.07) is -2.22. The number of aliphatic imine (C=N–C) groups is 1. The smallest absolute Gasteiger partial charge is 0.404 e. The Balaban J connectivity index is 1.80. The van der Waals surface area contributed by atoms with Crippen LogP contribution in [0.5, 0.6) is 0 Å². The summed E-state index contributed by atoms with van der Waals surface area (Å²) in [5.41, 5.74) is 16.5. The Morgan fingerprint density at radius 1 is 1.34 bits per heavy atom. The summed E-state index contributed by atoms with van der Waals surface area (Å²) >= 11 is 0. The standard InChI is InChI=1S/C20H35N7O8/c21-3-1-2-8(22)4-13(30)27-15-16(31)17(35-20(23)33)11(7-28)34-19(15)26-12-5-9-14(25-12)10(29)6-24-18(9)32/h8-11,14-17,19,28-29,31H,1-7,21-22H2,(H2,23,33)(H,24,32)(H,25,26)(H,27,30). The molecular formula is C20H35N7O8. The van der Waals surface area contributed by atoms with Crippen LogP contribution in [0.15, 0.2) is 4.99 Å². The van der Waals surface area contributed by atoms with E-state index in [1.54, 1.807) is 0 Å². The zero-order chi connectivity index (χ0) is 25.7. The van der Waals surface area contributed by atoms with Gasteiger partial charge in [-0.1, -0.05) is 0 Å². The molecule has 3 aliphatic heterocycles. The lowest BCUT2D eigenvalue weighted by molar-refractivity contribution is -0.192. The average molecular weight is 502 g/mol. The number of rotatable bonds is 9. The third kappa shape index (κ3) is 6.56. The van der Waals surface area contributed by atoms with Gasteiger partial charge in [-0.15, -0.1) is 0 Å². The second-order valence-corrected chi connectivity index (χ2v) is 9.00. The van der Waals surface area contributed by atoms with Gasteiger partial charge < -0.3 is 57.9 Å². The fourth-order valence-electron chi connectivity index (χ4n) is 4.61. The van der Waals surface area contributed by atoms with E-state index >= 15 is 0 Å². The first-order chi connectivity index (χ1) is 16.6. The summed E-state index contributed by atoms with van der Waals surface area (Å²) in [5.74, 6) is -0.977. The van der Waals surface area contributed by atoms with Gasteiger partial charge in [-0.2, -0.15) is 0 Å². The maximum absolute atomic E-state index is 12.7. The molecule has 35 heavy (non-hydrogen) atoms. The molecule has 3 amide bonds. The number of fused-ring (bicyclic) bond motifs is 1. The summed E-state index contributed by atoms with van der Waals surface area (Å²) < 4.78 is 10.7. The quantitative estimate of drug-likeness (QED) is 0.145. The van der Waals surface area contributed by atoms with E-state index in [-0.39, 0.29) is 25.3 Å². The Kier molecular flexibility index (Phi) is 9.21. The molecule has 3 aliphatic rings. The van der Waals surface area contributed by atoms with Crippen molar-refractivity contribution in [3.63, 3.8) is 0 Å². The van der Waals surface area contributed by atoms with Crippen molar-refractivity contribution in [3.05, 3.63) is 0 Å². The number of carbonyl (C=O) groups excluding carboxylic acids is 3. The van der Waals surface area contributed by atoms with Crippen molar-refractivity contribution in [2.24, 2.45) is 28.1 Å². The van der Waals surface area contributed by atoms with Gasteiger partial charge in [-0.05, 0) is 19.4 Å². The third-order valence-corrected chi connectivity index (χ3v) is 6.38. The Hall–Kier alpha value is -2.56. The van der Waals surface area contributed by atoms with Crippen LogP contribution < -0.4 is 33.2 Å². The summed E-state index contributed by atoms with van der Waals surface area (Å²) in [5, 5.41) is 39.2. The number of ether oxygens (including phenoxy) is 2. The highest BCUT2D eigenvalue weighted by Crippen LogP contribution is 2.28. The zero-order valence-corrected chi connectivity index (χ0v) is 19.2. The number of nitrogens with zero attached hydrogens (tertiary/aromatic N) is 1. The normalized spacial score (nSPS) is 36.6. The molecule has 3 fully saturated rings. The van der Waals surface area contributed by atoms with Crippen molar-refractivity contribution in [1.29, 1.82) is 0 Å². The van der Waals surface area contributed by atoms with Gasteiger partial charge in [0.15, 0.2) is 12.3 Å². The topological polar surface area (TPSA) is 257 Å². The fourth-order valence-corrected chi connectivity index (χ4v) is 4.61. The van der Waals surface area contributed by atoms with Gasteiger partial charge in [-0.25, -0.2) is 9.79 Å². The van der Waals surface area contributed by atoms with Crippen LogP contribution in [0.3, 0.4) is 0 Å². The second kappa shape index (κ2) is 11.9. The van der Waals surface area contributed by atoms with Gasteiger partial charge in [0.1, 0.15) is 24.1 Å². The first kappa shape index (κ1) is 27.0. The maximum atomic E-state index is 12.7. The first-order valence-corrected chi connectivity index (χ1v) is 11.6. The molecule has 0 aliphatic carbocycles. The molecule has 3 saturated heterocycles. The SMILES string of the molecule is NCCCC(N)CC(=O)NC1C(N=C2CC3C(=O)NCC(O)C3N2)OC(CO)C(OC(N)=O)C1O. The molecule has 0 aromatic rings. The van der Waals surface area contributed by atoms with Gasteiger partial charge in [0.25, 0.3) is 0 Å². The Labute approximate surface area is 201 Å². The van der Waals surface area contributed by atoms with Crippen LogP contribution >= 0.6 is 0 Å². The van der Waals surface area contributed by atoms with Crippen LogP contribution in [0.1, 0.15) is 25.7 Å². The van der Waals surface area contributed by atoms with Crippen molar-refractivity contribution >= 4 is 23.7 Å². The number of piperidine rings is 1. The van der Waals surface area contributed by atoms with E-state index in [0.29, 0.717) is 25.2 Å². The molecule has 0 bridgehead atoms. The van der Waals surface area contributed by atoms with Gasteiger partial charge >= 0.3 is 6.09 Å². The summed E-state index contributed by atoms with van der Waals surface area (Å²) in [4.78, 5) is 40.6. The van der Waals surface area contributed by atoms with E-state index in [1.807, 2.05) is 0 Å². The van der Waals surface area contributed by atoms with Crippen LogP contribution in [0.25, 0.3) is 0 Å². The number of β-amino-alcohol motifs (C(OH)–C–C–N with tert-alkyl or cyclic N) is 1. The predicted octanol–water partition coefficient (Wildman–Crippen LogP) is -4.66. The number of amidine groups is 1. The summed E-state index contributed by atoms with van der Waals surface area (Å²) in [6.07, 6.45) is -6.09. The lowest BCUT2D eigenvalue weighted by Gasteiger charge is -2.42. The molecule has 0 aromatic carbocycles. The van der Waals surface area contributed by atoms with Gasteiger partial charge in [-0.3, -0.25) is 9.59 Å². The monoisotopic (exact) mass is 501 g/mol. The minimum absolute atomic E-state index is 0.0634. The lowest BCUT2D eigenvalue weighted by atomic mass is 9.92. The number of carbonyl (C=O) groups is 3. The zero-order valence-electron chi connectivity index (χ0n) is 19.2. The first-order valence-electron chi connectivity index (χ1n) is 11.6. The minimum Gasteiger partial charge on any atom is -0.441 e. The summed E-state index contributed by atoms with van der Waals surface area (Å²) in [6.45, 7) is -0.109. The van der Waals surface area contributed by atoms with Crippen LogP contribution in [0, 0.1) is 5.92 Å². The molecule has 15 nitrogen and oxygen atoms in total. The molecule has 0 aromatic heterocycles. The molecule has 198 valence electrons. The van der Waals surface area contributed by atoms with E-state index in [4.69, 9.17) is 26.7 Å². The molecular weight excluding hydrogens is 466 g/mol. The van der Waals surface area contributed by atoms with E-state index in [2.05, 4.69) is 20.9 Å². The van der Waals surface area contributed by atoms with Gasteiger partial charge in [0.2, 0.25) is 11.8 Å². The molecule has 0 spiro atoms. The Morgan fingerprint density at radius 3 is 2.71 bits per heavy atom. The van der Waals surface area contributed by atoms with E-state index in [0.717, 1.165) is 0 Å². The Bertz CT molecular complexity index is 814. The number of hydrogen-bond acceptors (Lipinski definition) is 11. The minimum atomic E-state index is -1.54. The molecule has 0 radical (unpaired) electrons. The van der Waals surface area contributed by atoms with Crippen LogP contribution in [-0.2, 0) is 19.1 Å². The summed E-state index contributed by atoms with van der Waals surface area (Å²) in [7, 11) is 0. The van der Waals surface area contributed by atoms with Crippen LogP contribution in [0.4, 0.5) is 4.79 Å². The molecule has 12 N–H and O–H groups in total. The molecule has 3 rings (SSSR count). The van der Waals surface area contributed by atoms with Crippen molar-refractivity contribution in [1.82, 2.24) is 16.0 Å². The largest absolute Gasteiger partial charge is 0.441 e. The number of aliphatic hydroxyl groups is 3. The highest BCUT2D eigenvalue weighted by Gasteiger charge is 2.49. The molecule has 15 heteroatoms. The number of nitrogens with two attached hydrogens (primary N) is 3. The van der Waals surface area contributed by atoms with Crippen molar-refractivity contribution in [2.75, 3.05) is 19.7 Å². The Morgan fingerprint density at radius 2 is 2.09 bits per heavy atom. The van der Waals surface area contributed by atoms with E-state index in [1.165, 1.54) is 0 Å². The van der Waals surface area contributed by atoms with Crippen LogP contribution in [0.2, 0.25) is 0 Å². The van der Waals surface area contributed by atoms with Crippen molar-refractivity contribution in [3.8, 4) is 0 Å². The number of nitrogens with one attached hydrogen (secondary N) is 3. The molecule has 9 unspecified atom stereocenters. The highest BCUT2D eigenvalue weighted by atomic mass is 16.6. The molecule has 0 saturated carbocycles. The number of aliphatic hydroxyl groups excluding tert-OH is 3. The number of amides is 3. The average Bonchev–Trinajstić information content (AvgIpc) is 3.24. The molecule has 9 atom stereocenters. The van der Waals surface area contributed by atoms with E-state index in [9.17, 15) is 29.7 Å². The van der Waals surface area contributed by atoms with E-state index < -0.39 is 73.3 Å². The fraction of sp³-hybridized carbons (Fsp3) is 0.800. The molecule has 3 heterocycles.